The lowest BCUT2D eigenvalue weighted by Gasteiger charge is -2.07. The molecule has 2 rings (SSSR count). The number of halogens is 1. The average molecular weight is 365 g/mol. The van der Waals surface area contributed by atoms with Crippen LogP contribution in [-0.2, 0) is 0 Å². The standard InChI is InChI=1S/C15H13ClN4O5/c1-2-25-15-6-3-11(16)7-10(15)9-17-18-13-5-4-12(19(21)22)8-14(13)20(23)24/h3-9,18H,2H2,1H3/b17-9-. The lowest BCUT2D eigenvalue weighted by Crippen LogP contribution is -2.00. The molecule has 0 atom stereocenters. The summed E-state index contributed by atoms with van der Waals surface area (Å²) in [7, 11) is 0. The zero-order chi connectivity index (χ0) is 18.4. The van der Waals surface area contributed by atoms with E-state index in [0.29, 0.717) is 22.9 Å². The van der Waals surface area contributed by atoms with Crippen LogP contribution in [0.3, 0.4) is 0 Å². The maximum absolute atomic E-state index is 11.1. The first-order valence-corrected chi connectivity index (χ1v) is 7.44. The molecule has 0 unspecified atom stereocenters. The lowest BCUT2D eigenvalue weighted by molar-refractivity contribution is -0.393. The van der Waals surface area contributed by atoms with Gasteiger partial charge in [-0.2, -0.15) is 5.10 Å². The second-order valence-electron chi connectivity index (χ2n) is 4.70. The topological polar surface area (TPSA) is 120 Å². The zero-order valence-electron chi connectivity index (χ0n) is 13.0. The van der Waals surface area contributed by atoms with Crippen molar-refractivity contribution in [3.63, 3.8) is 0 Å². The highest BCUT2D eigenvalue weighted by Gasteiger charge is 2.19. The first-order chi connectivity index (χ1) is 11.9. The maximum Gasteiger partial charge on any atom is 0.301 e. The van der Waals surface area contributed by atoms with Crippen LogP contribution in [0.15, 0.2) is 41.5 Å². The molecular formula is C15H13ClN4O5. The van der Waals surface area contributed by atoms with Crippen molar-refractivity contribution in [2.75, 3.05) is 12.0 Å². The Morgan fingerprint density at radius 2 is 1.96 bits per heavy atom. The number of nitrogens with one attached hydrogen (secondary N) is 1. The van der Waals surface area contributed by atoms with E-state index in [1.54, 1.807) is 18.2 Å². The third-order valence-electron chi connectivity index (χ3n) is 3.05. The van der Waals surface area contributed by atoms with Crippen LogP contribution in [0.1, 0.15) is 12.5 Å². The van der Waals surface area contributed by atoms with Crippen molar-refractivity contribution in [3.05, 3.63) is 67.2 Å². The molecule has 0 spiro atoms. The molecule has 25 heavy (non-hydrogen) atoms. The molecule has 0 fully saturated rings. The van der Waals surface area contributed by atoms with Crippen molar-refractivity contribution in [3.8, 4) is 5.75 Å². The van der Waals surface area contributed by atoms with Gasteiger partial charge < -0.3 is 4.74 Å². The zero-order valence-corrected chi connectivity index (χ0v) is 13.8. The highest BCUT2D eigenvalue weighted by Crippen LogP contribution is 2.29. The second kappa shape index (κ2) is 8.06. The number of hydrogen-bond donors (Lipinski definition) is 1. The number of anilines is 1. The molecule has 0 aliphatic carbocycles. The Morgan fingerprint density at radius 3 is 2.60 bits per heavy atom. The number of hydrogen-bond acceptors (Lipinski definition) is 7. The van der Waals surface area contributed by atoms with Gasteiger partial charge in [0.25, 0.3) is 5.69 Å². The van der Waals surface area contributed by atoms with Gasteiger partial charge in [0.1, 0.15) is 11.4 Å². The summed E-state index contributed by atoms with van der Waals surface area (Å²) in [5.74, 6) is 0.552. The molecular weight excluding hydrogens is 352 g/mol. The van der Waals surface area contributed by atoms with Gasteiger partial charge in [-0.1, -0.05) is 11.6 Å². The quantitative estimate of drug-likeness (QED) is 0.450. The fourth-order valence-electron chi connectivity index (χ4n) is 1.96. The minimum absolute atomic E-state index is 0.0202. The molecule has 0 aliphatic heterocycles. The summed E-state index contributed by atoms with van der Waals surface area (Å²) in [6, 6.07) is 8.20. The Labute approximate surface area is 147 Å². The van der Waals surface area contributed by atoms with Gasteiger partial charge in [-0.3, -0.25) is 25.7 Å². The van der Waals surface area contributed by atoms with E-state index in [0.717, 1.165) is 12.1 Å². The molecule has 9 nitrogen and oxygen atoms in total. The number of benzene rings is 2. The molecule has 0 amide bonds. The maximum atomic E-state index is 11.1. The summed E-state index contributed by atoms with van der Waals surface area (Å²) in [4.78, 5) is 20.4. The molecule has 0 bridgehead atoms. The van der Waals surface area contributed by atoms with Crippen LogP contribution in [-0.4, -0.2) is 22.7 Å². The average Bonchev–Trinajstić information content (AvgIpc) is 2.57. The first kappa shape index (κ1) is 18.1. The Balaban J connectivity index is 2.26. The van der Waals surface area contributed by atoms with Crippen molar-refractivity contribution < 1.29 is 14.6 Å². The first-order valence-electron chi connectivity index (χ1n) is 7.06. The van der Waals surface area contributed by atoms with Gasteiger partial charge in [0.15, 0.2) is 0 Å². The van der Waals surface area contributed by atoms with E-state index in [-0.39, 0.29) is 11.4 Å². The fraction of sp³-hybridized carbons (Fsp3) is 0.133. The van der Waals surface area contributed by atoms with E-state index in [2.05, 4.69) is 10.5 Å². The normalized spacial score (nSPS) is 10.6. The molecule has 0 radical (unpaired) electrons. The predicted octanol–water partition coefficient (Wildman–Crippen LogP) is 4.00. The predicted molar refractivity (Wildman–Crippen MR) is 93.6 cm³/mol. The molecule has 1 N–H and O–H groups in total. The number of non-ortho nitro benzene ring substituents is 1. The van der Waals surface area contributed by atoms with Crippen LogP contribution in [0, 0.1) is 20.2 Å². The van der Waals surface area contributed by atoms with Gasteiger partial charge in [-0.05, 0) is 31.2 Å². The van der Waals surface area contributed by atoms with Crippen LogP contribution >= 0.6 is 11.6 Å². The van der Waals surface area contributed by atoms with Gasteiger partial charge in [-0.15, -0.1) is 0 Å². The van der Waals surface area contributed by atoms with Crippen LogP contribution < -0.4 is 10.2 Å². The molecule has 2 aromatic carbocycles. The third-order valence-corrected chi connectivity index (χ3v) is 3.28. The molecule has 0 aliphatic rings. The SMILES string of the molecule is CCOc1ccc(Cl)cc1/C=N\Nc1ccc([N+](=O)[O-])cc1[N+](=O)[O-]. The highest BCUT2D eigenvalue weighted by molar-refractivity contribution is 6.30. The van der Waals surface area contributed by atoms with Crippen LogP contribution in [0.5, 0.6) is 5.75 Å². The lowest BCUT2D eigenvalue weighted by atomic mass is 10.2. The number of rotatable bonds is 7. The van der Waals surface area contributed by atoms with E-state index in [4.69, 9.17) is 16.3 Å². The summed E-state index contributed by atoms with van der Waals surface area (Å²) in [6.45, 7) is 2.28. The Bertz CT molecular complexity index is 841. The van der Waals surface area contributed by atoms with Crippen molar-refractivity contribution in [2.45, 2.75) is 6.92 Å². The molecule has 130 valence electrons. The third kappa shape index (κ3) is 4.64. The molecule has 2 aromatic rings. The Hall–Kier alpha value is -3.20. The van der Waals surface area contributed by atoms with E-state index >= 15 is 0 Å². The minimum Gasteiger partial charge on any atom is -0.493 e. The summed E-state index contributed by atoms with van der Waals surface area (Å²) in [5, 5.41) is 26.2. The monoisotopic (exact) mass is 364 g/mol. The second-order valence-corrected chi connectivity index (χ2v) is 5.14. The van der Waals surface area contributed by atoms with Gasteiger partial charge in [0, 0.05) is 16.7 Å². The van der Waals surface area contributed by atoms with E-state index in [1.807, 2.05) is 6.92 Å². The molecule has 0 saturated heterocycles. The van der Waals surface area contributed by atoms with Gasteiger partial charge in [0.05, 0.1) is 28.7 Å². The van der Waals surface area contributed by atoms with Gasteiger partial charge in [-0.25, -0.2) is 0 Å². The summed E-state index contributed by atoms with van der Waals surface area (Å²) < 4.78 is 5.44. The number of nitrogens with zero attached hydrogens (tertiary/aromatic N) is 3. The van der Waals surface area contributed by atoms with Crippen LogP contribution in [0.25, 0.3) is 0 Å². The number of nitro benzene ring substituents is 2. The van der Waals surface area contributed by atoms with Crippen molar-refractivity contribution in [2.24, 2.45) is 5.10 Å². The summed E-state index contributed by atoms with van der Waals surface area (Å²) in [6.07, 6.45) is 1.39. The van der Waals surface area contributed by atoms with E-state index in [1.165, 1.54) is 12.3 Å². The van der Waals surface area contributed by atoms with E-state index < -0.39 is 15.5 Å². The van der Waals surface area contributed by atoms with Crippen molar-refractivity contribution >= 4 is 34.9 Å². The molecule has 0 aromatic heterocycles. The highest BCUT2D eigenvalue weighted by atomic mass is 35.5. The van der Waals surface area contributed by atoms with Crippen LogP contribution in [0.2, 0.25) is 5.02 Å². The molecule has 10 heteroatoms. The summed E-state index contributed by atoms with van der Waals surface area (Å²) in [5.41, 5.74) is 2.26. The van der Waals surface area contributed by atoms with E-state index in [9.17, 15) is 20.2 Å². The fourth-order valence-corrected chi connectivity index (χ4v) is 2.14. The van der Waals surface area contributed by atoms with Crippen LogP contribution in [0.4, 0.5) is 17.1 Å². The minimum atomic E-state index is -0.726. The number of ether oxygens (including phenoxy) is 1. The Morgan fingerprint density at radius 1 is 1.20 bits per heavy atom. The summed E-state index contributed by atoms with van der Waals surface area (Å²) >= 11 is 5.94. The van der Waals surface area contributed by atoms with Gasteiger partial charge in [0.2, 0.25) is 0 Å². The van der Waals surface area contributed by atoms with Crippen molar-refractivity contribution in [1.82, 2.24) is 0 Å². The number of hydrazone groups is 1. The Kier molecular flexibility index (Phi) is 5.85. The smallest absolute Gasteiger partial charge is 0.301 e. The molecule has 0 saturated carbocycles. The van der Waals surface area contributed by atoms with Crippen molar-refractivity contribution in [1.29, 1.82) is 0 Å². The number of nitro groups is 2. The largest absolute Gasteiger partial charge is 0.493 e. The van der Waals surface area contributed by atoms with Gasteiger partial charge >= 0.3 is 5.69 Å². The molecule has 0 heterocycles.